The molecule has 1 aromatic rings. The van der Waals surface area contributed by atoms with E-state index in [1.165, 1.54) is 6.33 Å². The standard InChI is InChI=1S/C13H24N4O2/c1-2-3-11(6-8-14)4-5-12(18)15-9-7-13-16-10-17-19-13/h10-11H,2-9,14H2,1H3,(H,15,18). The van der Waals surface area contributed by atoms with E-state index in [1.54, 1.807) is 0 Å². The molecule has 1 amide bonds. The van der Waals surface area contributed by atoms with E-state index in [4.69, 9.17) is 10.3 Å². The lowest BCUT2D eigenvalue weighted by molar-refractivity contribution is -0.121. The first-order chi connectivity index (χ1) is 9.26. The number of aromatic nitrogens is 2. The van der Waals surface area contributed by atoms with Crippen molar-refractivity contribution in [1.29, 1.82) is 0 Å². The largest absolute Gasteiger partial charge is 0.356 e. The summed E-state index contributed by atoms with van der Waals surface area (Å²) in [7, 11) is 0. The van der Waals surface area contributed by atoms with Gasteiger partial charge < -0.3 is 15.6 Å². The Morgan fingerprint density at radius 2 is 2.32 bits per heavy atom. The van der Waals surface area contributed by atoms with E-state index in [-0.39, 0.29) is 5.91 Å². The second-order valence-corrected chi connectivity index (χ2v) is 4.71. The normalized spacial score (nSPS) is 12.3. The quantitative estimate of drug-likeness (QED) is 0.666. The number of carbonyl (C=O) groups is 1. The van der Waals surface area contributed by atoms with E-state index >= 15 is 0 Å². The third-order valence-electron chi connectivity index (χ3n) is 3.12. The van der Waals surface area contributed by atoms with Crippen molar-refractivity contribution in [2.24, 2.45) is 11.7 Å². The number of nitrogens with zero attached hydrogens (tertiary/aromatic N) is 2. The zero-order valence-electron chi connectivity index (χ0n) is 11.6. The van der Waals surface area contributed by atoms with Crippen molar-refractivity contribution in [3.8, 4) is 0 Å². The van der Waals surface area contributed by atoms with E-state index in [0.29, 0.717) is 37.7 Å². The van der Waals surface area contributed by atoms with Crippen LogP contribution in [0.2, 0.25) is 0 Å². The number of rotatable bonds is 10. The van der Waals surface area contributed by atoms with Crippen LogP contribution in [0.25, 0.3) is 0 Å². The fourth-order valence-electron chi connectivity index (χ4n) is 2.12. The highest BCUT2D eigenvalue weighted by atomic mass is 16.5. The van der Waals surface area contributed by atoms with Crippen LogP contribution >= 0.6 is 0 Å². The Morgan fingerprint density at radius 1 is 1.47 bits per heavy atom. The molecule has 0 fully saturated rings. The van der Waals surface area contributed by atoms with Crippen molar-refractivity contribution in [1.82, 2.24) is 15.5 Å². The van der Waals surface area contributed by atoms with E-state index in [9.17, 15) is 4.79 Å². The average Bonchev–Trinajstić information content (AvgIpc) is 2.90. The minimum atomic E-state index is 0.0811. The van der Waals surface area contributed by atoms with Gasteiger partial charge in [0.25, 0.3) is 0 Å². The van der Waals surface area contributed by atoms with Gasteiger partial charge in [-0.15, -0.1) is 0 Å². The van der Waals surface area contributed by atoms with Crippen LogP contribution in [0.4, 0.5) is 0 Å². The fraction of sp³-hybridized carbons (Fsp3) is 0.769. The number of hydrogen-bond acceptors (Lipinski definition) is 5. The number of carbonyl (C=O) groups excluding carboxylic acids is 1. The first-order valence-corrected chi connectivity index (χ1v) is 6.98. The first-order valence-electron chi connectivity index (χ1n) is 6.98. The topological polar surface area (TPSA) is 94.0 Å². The highest BCUT2D eigenvalue weighted by molar-refractivity contribution is 5.75. The van der Waals surface area contributed by atoms with Crippen molar-refractivity contribution < 1.29 is 9.32 Å². The number of nitrogens with one attached hydrogen (secondary N) is 1. The van der Waals surface area contributed by atoms with E-state index in [2.05, 4.69) is 22.4 Å². The Kier molecular flexibility index (Phi) is 7.81. The van der Waals surface area contributed by atoms with Crippen LogP contribution in [0.3, 0.4) is 0 Å². The average molecular weight is 268 g/mol. The molecule has 1 rings (SSSR count). The lowest BCUT2D eigenvalue weighted by Gasteiger charge is -2.14. The summed E-state index contributed by atoms with van der Waals surface area (Å²) in [6.07, 6.45) is 6.71. The lowest BCUT2D eigenvalue weighted by atomic mass is 9.94. The van der Waals surface area contributed by atoms with Crippen molar-refractivity contribution in [3.63, 3.8) is 0 Å². The van der Waals surface area contributed by atoms with E-state index in [1.807, 2.05) is 0 Å². The molecule has 0 saturated carbocycles. The highest BCUT2D eigenvalue weighted by Crippen LogP contribution is 2.16. The maximum atomic E-state index is 11.7. The molecule has 0 bridgehead atoms. The first kappa shape index (κ1) is 15.6. The molecular formula is C13H24N4O2. The number of nitrogens with two attached hydrogens (primary N) is 1. The van der Waals surface area contributed by atoms with Gasteiger partial charge in [-0.3, -0.25) is 4.79 Å². The molecule has 0 aliphatic carbocycles. The molecule has 0 aromatic carbocycles. The number of amides is 1. The summed E-state index contributed by atoms with van der Waals surface area (Å²) >= 11 is 0. The smallest absolute Gasteiger partial charge is 0.228 e. The summed E-state index contributed by atoms with van der Waals surface area (Å²) in [6.45, 7) is 3.40. The van der Waals surface area contributed by atoms with Gasteiger partial charge in [-0.2, -0.15) is 4.98 Å². The maximum Gasteiger partial charge on any atom is 0.228 e. The van der Waals surface area contributed by atoms with Gasteiger partial charge in [0, 0.05) is 19.4 Å². The summed E-state index contributed by atoms with van der Waals surface area (Å²) in [5.74, 6) is 1.20. The summed E-state index contributed by atoms with van der Waals surface area (Å²) < 4.78 is 4.85. The van der Waals surface area contributed by atoms with Gasteiger partial charge in [-0.05, 0) is 25.3 Å². The van der Waals surface area contributed by atoms with Gasteiger partial charge in [0.15, 0.2) is 6.33 Å². The third kappa shape index (κ3) is 6.91. The molecule has 6 nitrogen and oxygen atoms in total. The van der Waals surface area contributed by atoms with Crippen molar-refractivity contribution in [2.45, 2.75) is 45.4 Å². The van der Waals surface area contributed by atoms with Crippen LogP contribution in [-0.2, 0) is 11.2 Å². The van der Waals surface area contributed by atoms with Crippen LogP contribution in [-0.4, -0.2) is 29.1 Å². The predicted octanol–water partition coefficient (Wildman–Crippen LogP) is 1.27. The van der Waals surface area contributed by atoms with E-state index in [0.717, 1.165) is 25.7 Å². The van der Waals surface area contributed by atoms with E-state index < -0.39 is 0 Å². The highest BCUT2D eigenvalue weighted by Gasteiger charge is 2.10. The molecule has 19 heavy (non-hydrogen) atoms. The summed E-state index contributed by atoms with van der Waals surface area (Å²) in [6, 6.07) is 0. The molecule has 0 radical (unpaired) electrons. The molecule has 1 unspecified atom stereocenters. The number of hydrogen-bond donors (Lipinski definition) is 2. The summed E-state index contributed by atoms with van der Waals surface area (Å²) in [5, 5.41) is 6.37. The van der Waals surface area contributed by atoms with Gasteiger partial charge in [0.05, 0.1) is 0 Å². The van der Waals surface area contributed by atoms with Crippen molar-refractivity contribution in [2.75, 3.05) is 13.1 Å². The van der Waals surface area contributed by atoms with Crippen molar-refractivity contribution >= 4 is 5.91 Å². The minimum absolute atomic E-state index is 0.0811. The van der Waals surface area contributed by atoms with Gasteiger partial charge in [-0.1, -0.05) is 24.9 Å². The second kappa shape index (κ2) is 9.49. The Hall–Kier alpha value is -1.43. The van der Waals surface area contributed by atoms with Gasteiger partial charge in [0.2, 0.25) is 11.8 Å². The lowest BCUT2D eigenvalue weighted by Crippen LogP contribution is -2.26. The zero-order chi connectivity index (χ0) is 13.9. The SMILES string of the molecule is CCCC(CCN)CCC(=O)NCCc1ncno1. The van der Waals surface area contributed by atoms with Crippen LogP contribution in [0.15, 0.2) is 10.9 Å². The minimum Gasteiger partial charge on any atom is -0.356 e. The fourth-order valence-corrected chi connectivity index (χ4v) is 2.12. The molecule has 108 valence electrons. The Labute approximate surface area is 114 Å². The van der Waals surface area contributed by atoms with Gasteiger partial charge in [0.1, 0.15) is 0 Å². The summed E-state index contributed by atoms with van der Waals surface area (Å²) in [5.41, 5.74) is 5.58. The Balaban J connectivity index is 2.12. The van der Waals surface area contributed by atoms with Crippen LogP contribution in [0.1, 0.15) is 44.9 Å². The molecule has 3 N–H and O–H groups in total. The zero-order valence-corrected chi connectivity index (χ0v) is 11.6. The third-order valence-corrected chi connectivity index (χ3v) is 3.12. The van der Waals surface area contributed by atoms with Crippen molar-refractivity contribution in [3.05, 3.63) is 12.2 Å². The second-order valence-electron chi connectivity index (χ2n) is 4.71. The van der Waals surface area contributed by atoms with Gasteiger partial charge in [-0.25, -0.2) is 0 Å². The molecule has 0 saturated heterocycles. The Morgan fingerprint density at radius 3 is 2.95 bits per heavy atom. The monoisotopic (exact) mass is 268 g/mol. The molecule has 0 aliphatic rings. The van der Waals surface area contributed by atoms with Crippen LogP contribution in [0, 0.1) is 5.92 Å². The predicted molar refractivity (Wildman–Crippen MR) is 72.3 cm³/mol. The molecule has 1 atom stereocenters. The molecule has 1 aromatic heterocycles. The molecule has 0 aliphatic heterocycles. The van der Waals surface area contributed by atoms with Gasteiger partial charge >= 0.3 is 0 Å². The molecular weight excluding hydrogens is 244 g/mol. The molecule has 1 heterocycles. The Bertz CT molecular complexity index is 334. The summed E-state index contributed by atoms with van der Waals surface area (Å²) in [4.78, 5) is 15.6. The molecule has 0 spiro atoms. The molecule has 6 heteroatoms. The van der Waals surface area contributed by atoms with Crippen LogP contribution < -0.4 is 11.1 Å². The van der Waals surface area contributed by atoms with Crippen LogP contribution in [0.5, 0.6) is 0 Å². The maximum absolute atomic E-state index is 11.7.